The summed E-state index contributed by atoms with van der Waals surface area (Å²) in [5.74, 6) is 0. The molecule has 0 spiro atoms. The molecule has 1 fully saturated rings. The van der Waals surface area contributed by atoms with Gasteiger partial charge in [-0.3, -0.25) is 0 Å². The van der Waals surface area contributed by atoms with Crippen molar-refractivity contribution in [2.24, 2.45) is 0 Å². The number of rotatable bonds is 7. The van der Waals surface area contributed by atoms with Crippen LogP contribution in [0.25, 0.3) is 0 Å². The summed E-state index contributed by atoms with van der Waals surface area (Å²) in [4.78, 5) is 0. The van der Waals surface area contributed by atoms with Gasteiger partial charge in [-0.25, -0.2) is 0 Å². The van der Waals surface area contributed by atoms with Gasteiger partial charge in [-0.1, -0.05) is 31.2 Å². The molecule has 1 N–H and O–H groups in total. The van der Waals surface area contributed by atoms with Crippen molar-refractivity contribution in [3.63, 3.8) is 0 Å². The monoisotopic (exact) mass is 277 g/mol. The fourth-order valence-corrected chi connectivity index (χ4v) is 2.64. The van der Waals surface area contributed by atoms with Gasteiger partial charge in [-0.15, -0.1) is 0 Å². The van der Waals surface area contributed by atoms with E-state index in [4.69, 9.17) is 9.47 Å². The van der Waals surface area contributed by atoms with Crippen molar-refractivity contribution in [3.8, 4) is 0 Å². The van der Waals surface area contributed by atoms with Gasteiger partial charge in [0, 0.05) is 13.2 Å². The highest BCUT2D eigenvalue weighted by molar-refractivity contribution is 5.28. The molecule has 0 amide bonds. The standard InChI is InChI=1S/C17H27NO2/c1-3-18-12-17(16-10-5-4-8-14(16)2)20-13-15-9-6-7-11-19-15/h4-5,8,10,15,17-18H,3,6-7,9,11-13H2,1-2H3. The third kappa shape index (κ3) is 4.58. The van der Waals surface area contributed by atoms with Crippen LogP contribution in [0.4, 0.5) is 0 Å². The predicted octanol–water partition coefficient (Wildman–Crippen LogP) is 3.23. The van der Waals surface area contributed by atoms with Crippen molar-refractivity contribution in [3.05, 3.63) is 35.4 Å². The fourth-order valence-electron chi connectivity index (χ4n) is 2.64. The molecule has 3 nitrogen and oxygen atoms in total. The maximum absolute atomic E-state index is 6.16. The average Bonchev–Trinajstić information content (AvgIpc) is 2.49. The van der Waals surface area contributed by atoms with Gasteiger partial charge in [0.15, 0.2) is 0 Å². The van der Waals surface area contributed by atoms with E-state index >= 15 is 0 Å². The van der Waals surface area contributed by atoms with Crippen molar-refractivity contribution in [1.29, 1.82) is 0 Å². The topological polar surface area (TPSA) is 30.5 Å². The number of hydrogen-bond donors (Lipinski definition) is 1. The zero-order valence-electron chi connectivity index (χ0n) is 12.7. The molecule has 1 aliphatic rings. The molecule has 0 radical (unpaired) electrons. The van der Waals surface area contributed by atoms with Crippen LogP contribution in [-0.2, 0) is 9.47 Å². The zero-order valence-corrected chi connectivity index (χ0v) is 12.7. The van der Waals surface area contributed by atoms with Crippen LogP contribution in [0, 0.1) is 6.92 Å². The third-order valence-corrected chi connectivity index (χ3v) is 3.87. The predicted molar refractivity (Wildman–Crippen MR) is 82.0 cm³/mol. The van der Waals surface area contributed by atoms with E-state index in [9.17, 15) is 0 Å². The highest BCUT2D eigenvalue weighted by Gasteiger charge is 2.19. The molecule has 1 aromatic rings. The van der Waals surface area contributed by atoms with Gasteiger partial charge >= 0.3 is 0 Å². The van der Waals surface area contributed by atoms with Gasteiger partial charge in [-0.05, 0) is 43.9 Å². The van der Waals surface area contributed by atoms with Gasteiger partial charge in [-0.2, -0.15) is 0 Å². The van der Waals surface area contributed by atoms with Crippen LogP contribution < -0.4 is 5.32 Å². The molecular weight excluding hydrogens is 250 g/mol. The van der Waals surface area contributed by atoms with Crippen LogP contribution in [0.2, 0.25) is 0 Å². The van der Waals surface area contributed by atoms with Crippen molar-refractivity contribution in [2.75, 3.05) is 26.3 Å². The number of aryl methyl sites for hydroxylation is 1. The second-order valence-corrected chi connectivity index (χ2v) is 5.47. The summed E-state index contributed by atoms with van der Waals surface area (Å²) in [5, 5.41) is 3.40. The Morgan fingerprint density at radius 3 is 2.90 bits per heavy atom. The normalized spacial score (nSPS) is 20.8. The molecule has 112 valence electrons. The Morgan fingerprint density at radius 1 is 1.35 bits per heavy atom. The Bertz CT molecular complexity index is 388. The molecular formula is C17H27NO2. The quantitative estimate of drug-likeness (QED) is 0.830. The molecule has 0 aliphatic carbocycles. The molecule has 0 saturated carbocycles. The first-order chi connectivity index (χ1) is 9.81. The van der Waals surface area contributed by atoms with Gasteiger partial charge in [0.25, 0.3) is 0 Å². The summed E-state index contributed by atoms with van der Waals surface area (Å²) < 4.78 is 11.9. The third-order valence-electron chi connectivity index (χ3n) is 3.87. The SMILES string of the molecule is CCNCC(OCC1CCCCO1)c1ccccc1C. The van der Waals surface area contributed by atoms with E-state index < -0.39 is 0 Å². The second-order valence-electron chi connectivity index (χ2n) is 5.47. The first-order valence-electron chi connectivity index (χ1n) is 7.80. The number of likely N-dealkylation sites (N-methyl/N-ethyl adjacent to an activating group) is 1. The molecule has 1 aliphatic heterocycles. The zero-order chi connectivity index (χ0) is 14.2. The van der Waals surface area contributed by atoms with Crippen LogP contribution in [-0.4, -0.2) is 32.4 Å². The molecule has 2 atom stereocenters. The minimum atomic E-state index is 0.113. The number of nitrogens with one attached hydrogen (secondary N) is 1. The van der Waals surface area contributed by atoms with Crippen LogP contribution in [0.1, 0.15) is 43.4 Å². The van der Waals surface area contributed by atoms with E-state index in [0.717, 1.165) is 26.1 Å². The Balaban J connectivity index is 1.94. The fraction of sp³-hybridized carbons (Fsp3) is 0.647. The average molecular weight is 277 g/mol. The first kappa shape index (κ1) is 15.5. The second kappa shape index (κ2) is 8.40. The largest absolute Gasteiger partial charge is 0.376 e. The van der Waals surface area contributed by atoms with E-state index in [-0.39, 0.29) is 12.2 Å². The number of ether oxygens (including phenoxy) is 2. The molecule has 3 heteroatoms. The molecule has 0 bridgehead atoms. The molecule has 0 aromatic heterocycles. The summed E-state index contributed by atoms with van der Waals surface area (Å²) in [6.45, 7) is 7.67. The van der Waals surface area contributed by atoms with E-state index in [1.54, 1.807) is 0 Å². The minimum absolute atomic E-state index is 0.113. The highest BCUT2D eigenvalue weighted by Crippen LogP contribution is 2.22. The molecule has 2 rings (SSSR count). The van der Waals surface area contributed by atoms with Gasteiger partial charge in [0.2, 0.25) is 0 Å². The summed E-state index contributed by atoms with van der Waals surface area (Å²) in [7, 11) is 0. The lowest BCUT2D eigenvalue weighted by Gasteiger charge is -2.26. The van der Waals surface area contributed by atoms with Crippen LogP contribution in [0.5, 0.6) is 0 Å². The molecule has 2 unspecified atom stereocenters. The van der Waals surface area contributed by atoms with Gasteiger partial charge in [0.05, 0.1) is 18.8 Å². The maximum atomic E-state index is 6.16. The van der Waals surface area contributed by atoms with Crippen LogP contribution >= 0.6 is 0 Å². The van der Waals surface area contributed by atoms with Crippen LogP contribution in [0.15, 0.2) is 24.3 Å². The molecule has 1 saturated heterocycles. The van der Waals surface area contributed by atoms with E-state index in [1.165, 1.54) is 24.0 Å². The Morgan fingerprint density at radius 2 is 2.20 bits per heavy atom. The minimum Gasteiger partial charge on any atom is -0.376 e. The maximum Gasteiger partial charge on any atom is 0.0953 e. The highest BCUT2D eigenvalue weighted by atomic mass is 16.5. The van der Waals surface area contributed by atoms with Gasteiger partial charge in [0.1, 0.15) is 0 Å². The first-order valence-corrected chi connectivity index (χ1v) is 7.80. The molecule has 1 heterocycles. The van der Waals surface area contributed by atoms with Crippen LogP contribution in [0.3, 0.4) is 0 Å². The molecule has 20 heavy (non-hydrogen) atoms. The van der Waals surface area contributed by atoms with Crippen molar-refractivity contribution >= 4 is 0 Å². The van der Waals surface area contributed by atoms with E-state index in [0.29, 0.717) is 6.61 Å². The number of hydrogen-bond acceptors (Lipinski definition) is 3. The van der Waals surface area contributed by atoms with E-state index in [2.05, 4.69) is 43.4 Å². The lowest BCUT2D eigenvalue weighted by atomic mass is 10.0. The number of benzene rings is 1. The van der Waals surface area contributed by atoms with Gasteiger partial charge < -0.3 is 14.8 Å². The summed E-state index contributed by atoms with van der Waals surface area (Å²) in [5.41, 5.74) is 2.57. The summed E-state index contributed by atoms with van der Waals surface area (Å²) in [6, 6.07) is 8.48. The molecule has 1 aromatic carbocycles. The Hall–Kier alpha value is -0.900. The smallest absolute Gasteiger partial charge is 0.0953 e. The van der Waals surface area contributed by atoms with Crippen molar-refractivity contribution in [1.82, 2.24) is 5.32 Å². The Kier molecular flexibility index (Phi) is 6.51. The van der Waals surface area contributed by atoms with Crippen molar-refractivity contribution in [2.45, 2.75) is 45.3 Å². The Labute approximate surface area is 122 Å². The van der Waals surface area contributed by atoms with E-state index in [1.807, 2.05) is 0 Å². The lowest BCUT2D eigenvalue weighted by Crippen LogP contribution is -2.29. The lowest BCUT2D eigenvalue weighted by molar-refractivity contribution is -0.0634. The summed E-state index contributed by atoms with van der Waals surface area (Å²) in [6.07, 6.45) is 3.96. The summed E-state index contributed by atoms with van der Waals surface area (Å²) >= 11 is 0. The van der Waals surface area contributed by atoms with Crippen molar-refractivity contribution < 1.29 is 9.47 Å².